The summed E-state index contributed by atoms with van der Waals surface area (Å²) in [7, 11) is 0. The summed E-state index contributed by atoms with van der Waals surface area (Å²) in [4.78, 5) is 2.35. The van der Waals surface area contributed by atoms with Crippen LogP contribution in [-0.4, -0.2) is 66.5 Å². The first-order chi connectivity index (χ1) is 9.00. The van der Waals surface area contributed by atoms with Gasteiger partial charge in [0, 0.05) is 32.0 Å². The Bertz CT molecular complexity index is 327. The van der Waals surface area contributed by atoms with Gasteiger partial charge in [-0.25, -0.2) is 0 Å². The van der Waals surface area contributed by atoms with Crippen LogP contribution in [0.5, 0.6) is 0 Å². The second-order valence-corrected chi connectivity index (χ2v) is 6.56. The standard InChI is InChI=1S/C14H25NO4/c1-13(2)10-15(5-6-17-13)11-9-14(4-3-12(11)16)18-7-8-19-14/h11-12,16H,3-10H2,1-2H3. The Labute approximate surface area is 114 Å². The molecule has 0 amide bonds. The predicted octanol–water partition coefficient (Wildman–Crippen LogP) is 0.754. The maximum absolute atomic E-state index is 10.3. The molecule has 2 unspecified atom stereocenters. The molecule has 0 aromatic carbocycles. The molecule has 3 fully saturated rings. The van der Waals surface area contributed by atoms with Gasteiger partial charge in [0.05, 0.1) is 31.5 Å². The third-order valence-corrected chi connectivity index (χ3v) is 4.52. The molecule has 19 heavy (non-hydrogen) atoms. The Kier molecular flexibility index (Phi) is 3.60. The van der Waals surface area contributed by atoms with Gasteiger partial charge in [0.2, 0.25) is 0 Å². The van der Waals surface area contributed by atoms with E-state index in [-0.39, 0.29) is 17.7 Å². The SMILES string of the molecule is CC1(C)CN(C2CC3(CCC2O)OCCO3)CCO1. The van der Waals surface area contributed by atoms with E-state index in [4.69, 9.17) is 14.2 Å². The first kappa shape index (κ1) is 13.8. The van der Waals surface area contributed by atoms with Crippen molar-refractivity contribution in [3.63, 3.8) is 0 Å². The van der Waals surface area contributed by atoms with Crippen LogP contribution >= 0.6 is 0 Å². The molecule has 0 aromatic rings. The lowest BCUT2D eigenvalue weighted by Gasteiger charge is -2.48. The van der Waals surface area contributed by atoms with Gasteiger partial charge in [0.1, 0.15) is 0 Å². The lowest BCUT2D eigenvalue weighted by Crippen LogP contribution is -2.59. The molecule has 5 heteroatoms. The quantitative estimate of drug-likeness (QED) is 0.763. The lowest BCUT2D eigenvalue weighted by molar-refractivity contribution is -0.214. The maximum Gasteiger partial charge on any atom is 0.170 e. The highest BCUT2D eigenvalue weighted by Gasteiger charge is 2.47. The van der Waals surface area contributed by atoms with Crippen molar-refractivity contribution in [3.05, 3.63) is 0 Å². The van der Waals surface area contributed by atoms with Crippen LogP contribution in [0.2, 0.25) is 0 Å². The number of morpholine rings is 1. The molecule has 0 aromatic heterocycles. The third kappa shape index (κ3) is 2.81. The zero-order valence-corrected chi connectivity index (χ0v) is 11.9. The fourth-order valence-electron chi connectivity index (χ4n) is 3.58. The highest BCUT2D eigenvalue weighted by molar-refractivity contribution is 4.95. The molecule has 1 spiro atoms. The van der Waals surface area contributed by atoms with E-state index < -0.39 is 5.79 Å². The Morgan fingerprint density at radius 2 is 1.84 bits per heavy atom. The number of hydrogen-bond acceptors (Lipinski definition) is 5. The van der Waals surface area contributed by atoms with Gasteiger partial charge in [-0.15, -0.1) is 0 Å². The van der Waals surface area contributed by atoms with Crippen molar-refractivity contribution >= 4 is 0 Å². The Morgan fingerprint density at radius 3 is 2.53 bits per heavy atom. The fraction of sp³-hybridized carbons (Fsp3) is 1.00. The largest absolute Gasteiger partial charge is 0.391 e. The number of ether oxygens (including phenoxy) is 3. The fourth-order valence-corrected chi connectivity index (χ4v) is 3.58. The van der Waals surface area contributed by atoms with E-state index in [2.05, 4.69) is 18.7 Å². The van der Waals surface area contributed by atoms with E-state index in [9.17, 15) is 5.11 Å². The molecule has 3 aliphatic rings. The smallest absolute Gasteiger partial charge is 0.170 e. The maximum atomic E-state index is 10.3. The summed E-state index contributed by atoms with van der Waals surface area (Å²) >= 11 is 0. The lowest BCUT2D eigenvalue weighted by atomic mass is 9.85. The highest BCUT2D eigenvalue weighted by Crippen LogP contribution is 2.38. The second-order valence-electron chi connectivity index (χ2n) is 6.56. The minimum atomic E-state index is -0.438. The van der Waals surface area contributed by atoms with Crippen LogP contribution in [0.15, 0.2) is 0 Å². The monoisotopic (exact) mass is 271 g/mol. The molecule has 1 aliphatic carbocycles. The third-order valence-electron chi connectivity index (χ3n) is 4.52. The molecule has 0 radical (unpaired) electrons. The van der Waals surface area contributed by atoms with E-state index in [0.717, 1.165) is 39.0 Å². The predicted molar refractivity (Wildman–Crippen MR) is 69.9 cm³/mol. The first-order valence-corrected chi connectivity index (χ1v) is 7.34. The van der Waals surface area contributed by atoms with E-state index in [1.165, 1.54) is 0 Å². The summed E-state index contributed by atoms with van der Waals surface area (Å²) in [6.07, 6.45) is 2.04. The van der Waals surface area contributed by atoms with Crippen LogP contribution in [-0.2, 0) is 14.2 Å². The van der Waals surface area contributed by atoms with Crippen molar-refractivity contribution in [2.24, 2.45) is 0 Å². The van der Waals surface area contributed by atoms with Gasteiger partial charge in [-0.1, -0.05) is 0 Å². The van der Waals surface area contributed by atoms with Gasteiger partial charge >= 0.3 is 0 Å². The van der Waals surface area contributed by atoms with Gasteiger partial charge in [-0.05, 0) is 20.3 Å². The summed E-state index contributed by atoms with van der Waals surface area (Å²) in [5.41, 5.74) is -0.139. The van der Waals surface area contributed by atoms with Crippen molar-refractivity contribution in [2.75, 3.05) is 32.9 Å². The summed E-state index contributed by atoms with van der Waals surface area (Å²) in [6.45, 7) is 8.02. The van der Waals surface area contributed by atoms with Crippen LogP contribution in [0.25, 0.3) is 0 Å². The topological polar surface area (TPSA) is 51.2 Å². The Hall–Kier alpha value is -0.200. The number of aliphatic hydroxyl groups is 1. The molecule has 2 saturated heterocycles. The van der Waals surface area contributed by atoms with Crippen LogP contribution in [0.4, 0.5) is 0 Å². The van der Waals surface area contributed by atoms with E-state index in [0.29, 0.717) is 13.2 Å². The number of nitrogens with zero attached hydrogens (tertiary/aromatic N) is 1. The highest BCUT2D eigenvalue weighted by atomic mass is 16.7. The van der Waals surface area contributed by atoms with E-state index in [1.807, 2.05) is 0 Å². The van der Waals surface area contributed by atoms with Crippen LogP contribution in [0.1, 0.15) is 33.1 Å². The molecule has 2 atom stereocenters. The zero-order chi connectivity index (χ0) is 13.5. The number of aliphatic hydroxyl groups excluding tert-OH is 1. The zero-order valence-electron chi connectivity index (χ0n) is 11.9. The van der Waals surface area contributed by atoms with Crippen LogP contribution in [0, 0.1) is 0 Å². The van der Waals surface area contributed by atoms with Gasteiger partial charge in [0.15, 0.2) is 5.79 Å². The van der Waals surface area contributed by atoms with Gasteiger partial charge in [-0.2, -0.15) is 0 Å². The molecule has 1 saturated carbocycles. The minimum Gasteiger partial charge on any atom is -0.391 e. The average Bonchev–Trinajstić information content (AvgIpc) is 2.80. The van der Waals surface area contributed by atoms with Gasteiger partial charge in [-0.3, -0.25) is 4.90 Å². The molecular formula is C14H25NO4. The molecule has 1 N–H and O–H groups in total. The van der Waals surface area contributed by atoms with Gasteiger partial charge < -0.3 is 19.3 Å². The van der Waals surface area contributed by atoms with E-state index >= 15 is 0 Å². The summed E-state index contributed by atoms with van der Waals surface area (Å²) in [5, 5.41) is 10.3. The van der Waals surface area contributed by atoms with Crippen molar-refractivity contribution in [3.8, 4) is 0 Å². The summed E-state index contributed by atoms with van der Waals surface area (Å²) in [5.74, 6) is -0.438. The van der Waals surface area contributed by atoms with Crippen LogP contribution < -0.4 is 0 Å². The molecule has 5 nitrogen and oxygen atoms in total. The Morgan fingerprint density at radius 1 is 1.11 bits per heavy atom. The van der Waals surface area contributed by atoms with E-state index in [1.54, 1.807) is 0 Å². The first-order valence-electron chi connectivity index (χ1n) is 7.34. The molecular weight excluding hydrogens is 246 g/mol. The van der Waals surface area contributed by atoms with Crippen LogP contribution in [0.3, 0.4) is 0 Å². The Balaban J connectivity index is 1.71. The summed E-state index contributed by atoms with van der Waals surface area (Å²) in [6, 6.07) is 0.120. The minimum absolute atomic E-state index is 0.120. The van der Waals surface area contributed by atoms with Crippen molar-refractivity contribution in [2.45, 2.75) is 56.6 Å². The average molecular weight is 271 g/mol. The van der Waals surface area contributed by atoms with Crippen molar-refractivity contribution in [1.29, 1.82) is 0 Å². The second kappa shape index (κ2) is 4.97. The summed E-state index contributed by atoms with van der Waals surface area (Å²) < 4.78 is 17.4. The molecule has 3 rings (SSSR count). The molecule has 0 bridgehead atoms. The molecule has 110 valence electrons. The molecule has 2 aliphatic heterocycles. The number of rotatable bonds is 1. The number of hydrogen-bond donors (Lipinski definition) is 1. The van der Waals surface area contributed by atoms with Crippen molar-refractivity contribution in [1.82, 2.24) is 4.90 Å². The normalized spacial score (nSPS) is 38.7. The molecule has 2 heterocycles. The van der Waals surface area contributed by atoms with Crippen molar-refractivity contribution < 1.29 is 19.3 Å². The van der Waals surface area contributed by atoms with Gasteiger partial charge in [0.25, 0.3) is 0 Å².